The highest BCUT2D eigenvalue weighted by molar-refractivity contribution is 6.05. The molecule has 0 aliphatic carbocycles. The SMILES string of the molecule is [B]C[n+]1ccc(-c2cc[n+](CC)cc2)cc1. The topological polar surface area (TPSA) is 7.76 Å². The summed E-state index contributed by atoms with van der Waals surface area (Å²) in [6.45, 7) is 3.13. The van der Waals surface area contributed by atoms with Crippen LogP contribution in [-0.4, -0.2) is 7.85 Å². The van der Waals surface area contributed by atoms with Crippen molar-refractivity contribution < 1.29 is 9.13 Å². The summed E-state index contributed by atoms with van der Waals surface area (Å²) in [4.78, 5) is 0. The maximum Gasteiger partial charge on any atom is 0.169 e. The van der Waals surface area contributed by atoms with Crippen LogP contribution in [0.25, 0.3) is 11.1 Å². The van der Waals surface area contributed by atoms with Crippen molar-refractivity contribution in [1.29, 1.82) is 0 Å². The number of aromatic nitrogens is 2. The number of pyridine rings is 2. The second kappa shape index (κ2) is 4.93. The lowest BCUT2D eigenvalue weighted by molar-refractivity contribution is -0.693. The zero-order valence-electron chi connectivity index (χ0n) is 9.50. The Morgan fingerprint density at radius 3 is 1.69 bits per heavy atom. The van der Waals surface area contributed by atoms with Crippen LogP contribution in [0.15, 0.2) is 49.1 Å². The molecule has 0 bridgehead atoms. The number of hydrogen-bond acceptors (Lipinski definition) is 0. The minimum atomic E-state index is 0.519. The van der Waals surface area contributed by atoms with Gasteiger partial charge >= 0.3 is 0 Å². The van der Waals surface area contributed by atoms with Crippen molar-refractivity contribution in [2.45, 2.75) is 19.9 Å². The third-order valence-electron chi connectivity index (χ3n) is 2.69. The lowest BCUT2D eigenvalue weighted by Crippen LogP contribution is -2.32. The minimum Gasteiger partial charge on any atom is -0.215 e. The van der Waals surface area contributed by atoms with Gasteiger partial charge in [-0.05, 0) is 18.1 Å². The molecular formula is C13H15BN2+2. The molecule has 2 nitrogen and oxygen atoms in total. The highest BCUT2D eigenvalue weighted by Gasteiger charge is 2.03. The van der Waals surface area contributed by atoms with E-state index in [9.17, 15) is 0 Å². The van der Waals surface area contributed by atoms with Gasteiger partial charge in [-0.2, -0.15) is 0 Å². The van der Waals surface area contributed by atoms with Crippen molar-refractivity contribution in [3.63, 3.8) is 0 Å². The Hall–Kier alpha value is -1.64. The maximum atomic E-state index is 5.54. The minimum absolute atomic E-state index is 0.519. The molecule has 2 aromatic rings. The highest BCUT2D eigenvalue weighted by Crippen LogP contribution is 2.15. The maximum absolute atomic E-state index is 5.54. The number of hydrogen-bond donors (Lipinski definition) is 0. The third kappa shape index (κ3) is 2.30. The van der Waals surface area contributed by atoms with Crippen molar-refractivity contribution in [3.8, 4) is 11.1 Å². The van der Waals surface area contributed by atoms with Crippen LogP contribution in [0.1, 0.15) is 6.92 Å². The molecule has 2 radical (unpaired) electrons. The molecule has 0 aliphatic rings. The molecule has 0 saturated heterocycles. The number of aryl methyl sites for hydroxylation is 1. The molecule has 3 heteroatoms. The van der Waals surface area contributed by atoms with E-state index in [0.717, 1.165) is 6.54 Å². The summed E-state index contributed by atoms with van der Waals surface area (Å²) in [6, 6.07) is 8.42. The normalized spacial score (nSPS) is 10.3. The fraction of sp³-hybridized carbons (Fsp3) is 0.231. The molecule has 0 aliphatic heterocycles. The summed E-state index contributed by atoms with van der Waals surface area (Å²) < 4.78 is 4.09. The average Bonchev–Trinajstić information content (AvgIpc) is 2.39. The fourth-order valence-corrected chi connectivity index (χ4v) is 1.63. The van der Waals surface area contributed by atoms with E-state index >= 15 is 0 Å². The molecule has 0 fully saturated rings. The first-order chi connectivity index (χ1) is 7.83. The molecule has 0 aromatic carbocycles. The standard InChI is InChI=1S/C13H15BN2/c1-2-15-7-3-12(4-8-15)13-5-9-16(11-14)10-6-13/h3-10H,2,11H2,1H3/q+2. The molecule has 2 aromatic heterocycles. The third-order valence-corrected chi connectivity index (χ3v) is 2.69. The molecule has 0 N–H and O–H groups in total. The summed E-state index contributed by atoms with van der Waals surface area (Å²) in [7, 11) is 5.54. The Morgan fingerprint density at radius 2 is 1.31 bits per heavy atom. The van der Waals surface area contributed by atoms with Gasteiger partial charge in [-0.1, -0.05) is 0 Å². The van der Waals surface area contributed by atoms with E-state index in [-0.39, 0.29) is 0 Å². The van der Waals surface area contributed by atoms with E-state index < -0.39 is 0 Å². The van der Waals surface area contributed by atoms with E-state index in [1.54, 1.807) is 0 Å². The molecule has 0 amide bonds. The smallest absolute Gasteiger partial charge is 0.169 e. The highest BCUT2D eigenvalue weighted by atomic mass is 14.9. The largest absolute Gasteiger partial charge is 0.215 e. The first-order valence-electron chi connectivity index (χ1n) is 5.52. The Balaban J connectivity index is 2.28. The summed E-state index contributed by atoms with van der Waals surface area (Å²) >= 11 is 0. The van der Waals surface area contributed by atoms with Gasteiger partial charge in [-0.3, -0.25) is 0 Å². The molecule has 0 atom stereocenters. The van der Waals surface area contributed by atoms with Crippen LogP contribution in [0.5, 0.6) is 0 Å². The van der Waals surface area contributed by atoms with Crippen molar-refractivity contribution in [3.05, 3.63) is 49.1 Å². The molecule has 0 saturated carbocycles. The van der Waals surface area contributed by atoms with Crippen molar-refractivity contribution in [2.24, 2.45) is 0 Å². The molecule has 2 rings (SSSR count). The zero-order valence-corrected chi connectivity index (χ0v) is 9.50. The van der Waals surface area contributed by atoms with Gasteiger partial charge < -0.3 is 0 Å². The second-order valence-electron chi connectivity index (χ2n) is 3.70. The molecule has 0 spiro atoms. The summed E-state index contributed by atoms with van der Waals surface area (Å²) in [5.74, 6) is 0. The average molecular weight is 210 g/mol. The van der Waals surface area contributed by atoms with Gasteiger partial charge in [0.15, 0.2) is 32.6 Å². The van der Waals surface area contributed by atoms with Crippen LogP contribution in [0.2, 0.25) is 0 Å². The zero-order chi connectivity index (χ0) is 11.4. The fourth-order valence-electron chi connectivity index (χ4n) is 1.63. The molecule has 2 heterocycles. The van der Waals surface area contributed by atoms with Crippen molar-refractivity contribution >= 4 is 7.85 Å². The Bertz CT molecular complexity index is 403. The molecule has 16 heavy (non-hydrogen) atoms. The van der Waals surface area contributed by atoms with Crippen LogP contribution in [0.3, 0.4) is 0 Å². The van der Waals surface area contributed by atoms with E-state index in [0.29, 0.717) is 6.44 Å². The van der Waals surface area contributed by atoms with Crippen LogP contribution < -0.4 is 9.13 Å². The predicted octanol–water partition coefficient (Wildman–Crippen LogP) is 1.07. The van der Waals surface area contributed by atoms with Gasteiger partial charge in [0.2, 0.25) is 0 Å². The molecular weight excluding hydrogens is 195 g/mol. The van der Waals surface area contributed by atoms with Gasteiger partial charge in [0, 0.05) is 24.3 Å². The van der Waals surface area contributed by atoms with Gasteiger partial charge in [0.1, 0.15) is 13.0 Å². The summed E-state index contributed by atoms with van der Waals surface area (Å²) in [5.41, 5.74) is 2.45. The van der Waals surface area contributed by atoms with Crippen LogP contribution in [0.4, 0.5) is 0 Å². The summed E-state index contributed by atoms with van der Waals surface area (Å²) in [6.07, 6.45) is 8.70. The first-order valence-corrected chi connectivity index (χ1v) is 5.52. The Labute approximate surface area is 97.6 Å². The van der Waals surface area contributed by atoms with Gasteiger partial charge in [0.25, 0.3) is 0 Å². The van der Waals surface area contributed by atoms with Crippen LogP contribution >= 0.6 is 0 Å². The first kappa shape index (κ1) is 10.9. The summed E-state index contributed by atoms with van der Waals surface area (Å²) in [5, 5.41) is 0. The monoisotopic (exact) mass is 210 g/mol. The van der Waals surface area contributed by atoms with E-state index in [1.165, 1.54) is 11.1 Å². The Kier molecular flexibility index (Phi) is 3.35. The quantitative estimate of drug-likeness (QED) is 0.529. The van der Waals surface area contributed by atoms with Crippen LogP contribution in [-0.2, 0) is 13.0 Å². The second-order valence-corrected chi connectivity index (χ2v) is 3.70. The lowest BCUT2D eigenvalue weighted by Gasteiger charge is -1.99. The van der Waals surface area contributed by atoms with Crippen LogP contribution in [0, 0.1) is 0 Å². The van der Waals surface area contributed by atoms with Gasteiger partial charge in [-0.25, -0.2) is 9.13 Å². The van der Waals surface area contributed by atoms with Crippen molar-refractivity contribution in [1.82, 2.24) is 0 Å². The number of rotatable bonds is 3. The Morgan fingerprint density at radius 1 is 0.875 bits per heavy atom. The molecule has 78 valence electrons. The molecule has 0 unspecified atom stereocenters. The van der Waals surface area contributed by atoms with E-state index in [1.807, 2.05) is 17.0 Å². The van der Waals surface area contributed by atoms with Gasteiger partial charge in [0.05, 0.1) is 0 Å². The lowest BCUT2D eigenvalue weighted by atomic mass is 10.1. The van der Waals surface area contributed by atoms with Gasteiger partial charge in [-0.15, -0.1) is 0 Å². The predicted molar refractivity (Wildman–Crippen MR) is 63.7 cm³/mol. The van der Waals surface area contributed by atoms with E-state index in [4.69, 9.17) is 7.85 Å². The van der Waals surface area contributed by atoms with Crippen molar-refractivity contribution in [2.75, 3.05) is 0 Å². The number of nitrogens with zero attached hydrogens (tertiary/aromatic N) is 2. The van der Waals surface area contributed by atoms with E-state index in [2.05, 4.69) is 48.1 Å².